The molecule has 1 N–H and O–H groups in total. The lowest BCUT2D eigenvalue weighted by atomic mass is 10.2. The van der Waals surface area contributed by atoms with Crippen LogP contribution in [0.1, 0.15) is 20.3 Å². The van der Waals surface area contributed by atoms with Gasteiger partial charge >= 0.3 is 0 Å². The van der Waals surface area contributed by atoms with E-state index in [1.165, 1.54) is 24.3 Å². The van der Waals surface area contributed by atoms with Crippen LogP contribution in [0.5, 0.6) is 0 Å². The number of hydrogen-bond acceptors (Lipinski definition) is 3. The smallest absolute Gasteiger partial charge is 0.178 e. The molecule has 5 heteroatoms. The van der Waals surface area contributed by atoms with Crippen LogP contribution >= 0.6 is 0 Å². The molecular weight excluding hydrogens is 253 g/mol. The highest BCUT2D eigenvalue weighted by atomic mass is 32.2. The number of benzene rings is 1. The Bertz CT molecular complexity index is 454. The maximum Gasteiger partial charge on any atom is 0.178 e. The normalized spacial score (nSPS) is 12.0. The molecule has 102 valence electrons. The summed E-state index contributed by atoms with van der Waals surface area (Å²) >= 11 is 0. The Hall–Kier alpha value is -0.940. The molecule has 0 saturated heterocycles. The van der Waals surface area contributed by atoms with E-state index in [0.717, 1.165) is 6.54 Å². The second-order valence-electron chi connectivity index (χ2n) is 4.72. The standard InChI is InChI=1S/C13H20FNO2S/c1-11(2)10-15-8-3-9-18(16,17)13-6-4-12(14)5-7-13/h4-7,11,15H,3,8-10H2,1-2H3. The lowest BCUT2D eigenvalue weighted by Crippen LogP contribution is -2.22. The topological polar surface area (TPSA) is 46.2 Å². The van der Waals surface area contributed by atoms with Crippen LogP contribution in [0.3, 0.4) is 0 Å². The molecule has 0 amide bonds. The first-order chi connectivity index (χ1) is 8.42. The molecule has 18 heavy (non-hydrogen) atoms. The van der Waals surface area contributed by atoms with E-state index in [1.54, 1.807) is 0 Å². The van der Waals surface area contributed by atoms with Gasteiger partial charge in [0, 0.05) is 0 Å². The van der Waals surface area contributed by atoms with Gasteiger partial charge in [-0.05, 0) is 49.7 Å². The number of sulfone groups is 1. The molecule has 0 bridgehead atoms. The Morgan fingerprint density at radius 2 is 1.83 bits per heavy atom. The minimum absolute atomic E-state index is 0.0870. The summed E-state index contributed by atoms with van der Waals surface area (Å²) in [5.74, 6) is 0.218. The first-order valence-electron chi connectivity index (χ1n) is 6.11. The van der Waals surface area contributed by atoms with Crippen LogP contribution in [0.15, 0.2) is 29.2 Å². The minimum atomic E-state index is -3.28. The Labute approximate surface area is 108 Å². The van der Waals surface area contributed by atoms with Crippen molar-refractivity contribution in [3.8, 4) is 0 Å². The molecule has 0 saturated carbocycles. The van der Waals surface area contributed by atoms with Gasteiger partial charge in [0.1, 0.15) is 5.82 Å². The average Bonchev–Trinajstić information content (AvgIpc) is 2.28. The van der Waals surface area contributed by atoms with Crippen molar-refractivity contribution < 1.29 is 12.8 Å². The minimum Gasteiger partial charge on any atom is -0.316 e. The van der Waals surface area contributed by atoms with Gasteiger partial charge in [0.05, 0.1) is 10.6 Å². The molecule has 0 radical (unpaired) electrons. The maximum absolute atomic E-state index is 12.7. The third kappa shape index (κ3) is 5.14. The lowest BCUT2D eigenvalue weighted by molar-refractivity contribution is 0.546. The summed E-state index contributed by atoms with van der Waals surface area (Å²) in [7, 11) is -3.28. The summed E-state index contributed by atoms with van der Waals surface area (Å²) in [5, 5.41) is 3.19. The maximum atomic E-state index is 12.7. The van der Waals surface area contributed by atoms with Crippen molar-refractivity contribution in [2.75, 3.05) is 18.8 Å². The zero-order valence-corrected chi connectivity index (χ0v) is 11.6. The van der Waals surface area contributed by atoms with Gasteiger partial charge in [-0.1, -0.05) is 13.8 Å². The summed E-state index contributed by atoms with van der Waals surface area (Å²) in [6.07, 6.45) is 0.562. The van der Waals surface area contributed by atoms with Gasteiger partial charge in [0.25, 0.3) is 0 Å². The third-order valence-electron chi connectivity index (χ3n) is 2.49. The monoisotopic (exact) mass is 273 g/mol. The molecular formula is C13H20FNO2S. The Morgan fingerprint density at radius 1 is 1.22 bits per heavy atom. The van der Waals surface area contributed by atoms with Crippen molar-refractivity contribution in [2.24, 2.45) is 5.92 Å². The molecule has 0 unspecified atom stereocenters. The lowest BCUT2D eigenvalue weighted by Gasteiger charge is -2.07. The predicted molar refractivity (Wildman–Crippen MR) is 70.8 cm³/mol. The zero-order chi connectivity index (χ0) is 13.6. The SMILES string of the molecule is CC(C)CNCCCS(=O)(=O)c1ccc(F)cc1. The molecule has 0 aliphatic carbocycles. The van der Waals surface area contributed by atoms with Crippen LogP contribution in [0.2, 0.25) is 0 Å². The first-order valence-corrected chi connectivity index (χ1v) is 7.76. The van der Waals surface area contributed by atoms with E-state index in [4.69, 9.17) is 0 Å². The van der Waals surface area contributed by atoms with E-state index in [1.807, 2.05) is 0 Å². The number of nitrogens with one attached hydrogen (secondary N) is 1. The Morgan fingerprint density at radius 3 is 2.39 bits per heavy atom. The van der Waals surface area contributed by atoms with E-state index < -0.39 is 15.7 Å². The first kappa shape index (κ1) is 15.1. The fourth-order valence-corrected chi connectivity index (χ4v) is 2.85. The molecule has 0 atom stereocenters. The molecule has 0 heterocycles. The molecule has 0 spiro atoms. The van der Waals surface area contributed by atoms with Crippen molar-refractivity contribution in [2.45, 2.75) is 25.2 Å². The van der Waals surface area contributed by atoms with Crippen LogP contribution in [-0.2, 0) is 9.84 Å². The van der Waals surface area contributed by atoms with Crippen LogP contribution in [0.25, 0.3) is 0 Å². The number of halogens is 1. The number of rotatable bonds is 7. The van der Waals surface area contributed by atoms with Crippen LogP contribution in [-0.4, -0.2) is 27.3 Å². The fraction of sp³-hybridized carbons (Fsp3) is 0.538. The van der Waals surface area contributed by atoms with Crippen molar-refractivity contribution in [3.05, 3.63) is 30.1 Å². The summed E-state index contributed by atoms with van der Waals surface area (Å²) in [5.41, 5.74) is 0. The van der Waals surface area contributed by atoms with Gasteiger partial charge in [-0.2, -0.15) is 0 Å². The molecule has 0 fully saturated rings. The average molecular weight is 273 g/mol. The van der Waals surface area contributed by atoms with Gasteiger partial charge in [-0.3, -0.25) is 0 Å². The molecule has 3 nitrogen and oxygen atoms in total. The molecule has 0 aromatic heterocycles. The van der Waals surface area contributed by atoms with Gasteiger partial charge in [0.2, 0.25) is 0 Å². The molecule has 0 aliphatic rings. The number of hydrogen-bond donors (Lipinski definition) is 1. The summed E-state index contributed by atoms with van der Waals surface area (Å²) in [6.45, 7) is 5.76. The van der Waals surface area contributed by atoms with E-state index in [9.17, 15) is 12.8 Å². The molecule has 1 rings (SSSR count). The summed E-state index contributed by atoms with van der Waals surface area (Å²) < 4.78 is 36.5. The zero-order valence-electron chi connectivity index (χ0n) is 10.8. The molecule has 0 aliphatic heterocycles. The van der Waals surface area contributed by atoms with E-state index in [2.05, 4.69) is 19.2 Å². The van der Waals surface area contributed by atoms with Crippen LogP contribution in [0.4, 0.5) is 4.39 Å². The van der Waals surface area contributed by atoms with E-state index in [-0.39, 0.29) is 10.6 Å². The van der Waals surface area contributed by atoms with Crippen molar-refractivity contribution in [1.82, 2.24) is 5.32 Å². The summed E-state index contributed by atoms with van der Waals surface area (Å²) in [6, 6.07) is 4.96. The van der Waals surface area contributed by atoms with Gasteiger partial charge < -0.3 is 5.32 Å². The fourth-order valence-electron chi connectivity index (χ4n) is 1.54. The van der Waals surface area contributed by atoms with Gasteiger partial charge in [-0.15, -0.1) is 0 Å². The quantitative estimate of drug-likeness (QED) is 0.612. The molecule has 1 aromatic carbocycles. The second kappa shape index (κ2) is 6.85. The van der Waals surface area contributed by atoms with E-state index in [0.29, 0.717) is 18.9 Å². The summed E-state index contributed by atoms with van der Waals surface area (Å²) in [4.78, 5) is 0.188. The Balaban J connectivity index is 2.43. The van der Waals surface area contributed by atoms with E-state index >= 15 is 0 Å². The third-order valence-corrected chi connectivity index (χ3v) is 4.31. The highest BCUT2D eigenvalue weighted by Crippen LogP contribution is 2.12. The van der Waals surface area contributed by atoms with Gasteiger partial charge in [-0.25, -0.2) is 12.8 Å². The highest BCUT2D eigenvalue weighted by Gasteiger charge is 2.13. The largest absolute Gasteiger partial charge is 0.316 e. The predicted octanol–water partition coefficient (Wildman–Crippen LogP) is 2.24. The van der Waals surface area contributed by atoms with Crippen molar-refractivity contribution in [1.29, 1.82) is 0 Å². The van der Waals surface area contributed by atoms with Gasteiger partial charge in [0.15, 0.2) is 9.84 Å². The second-order valence-corrected chi connectivity index (χ2v) is 6.83. The van der Waals surface area contributed by atoms with Crippen molar-refractivity contribution in [3.63, 3.8) is 0 Å². The molecule has 1 aromatic rings. The van der Waals surface area contributed by atoms with Crippen LogP contribution < -0.4 is 5.32 Å². The highest BCUT2D eigenvalue weighted by molar-refractivity contribution is 7.91. The Kier molecular flexibility index (Phi) is 5.75. The van der Waals surface area contributed by atoms with Crippen molar-refractivity contribution >= 4 is 9.84 Å². The van der Waals surface area contributed by atoms with Crippen LogP contribution in [0, 0.1) is 11.7 Å².